The van der Waals surface area contributed by atoms with Crippen LogP contribution < -0.4 is 10.6 Å². The smallest absolute Gasteiger partial charge is 0.229 e. The van der Waals surface area contributed by atoms with Crippen LogP contribution in [0, 0.1) is 20.8 Å². The predicted octanol–water partition coefficient (Wildman–Crippen LogP) is 5.54. The second kappa shape index (κ2) is 6.89. The summed E-state index contributed by atoms with van der Waals surface area (Å²) in [6, 6.07) is 15.7. The Morgan fingerprint density at radius 2 is 1.58 bits per heavy atom. The molecule has 4 nitrogen and oxygen atoms in total. The molecule has 3 rings (SSSR count). The first kappa shape index (κ1) is 16.3. The van der Waals surface area contributed by atoms with E-state index >= 15 is 0 Å². The third kappa shape index (κ3) is 4.03. The number of nitrogens with one attached hydrogen (secondary N) is 2. The molecule has 122 valence electrons. The van der Waals surface area contributed by atoms with Gasteiger partial charge in [0, 0.05) is 28.2 Å². The van der Waals surface area contributed by atoms with Crippen LogP contribution in [0.25, 0.3) is 0 Å². The zero-order valence-electron chi connectivity index (χ0n) is 13.9. The Balaban J connectivity index is 1.84. The summed E-state index contributed by atoms with van der Waals surface area (Å²) in [5.41, 5.74) is 5.20. The van der Waals surface area contributed by atoms with E-state index in [9.17, 15) is 0 Å². The van der Waals surface area contributed by atoms with Gasteiger partial charge in [-0.05, 0) is 56.7 Å². The van der Waals surface area contributed by atoms with Crippen molar-refractivity contribution in [2.24, 2.45) is 0 Å². The van der Waals surface area contributed by atoms with E-state index in [-0.39, 0.29) is 0 Å². The van der Waals surface area contributed by atoms with Crippen LogP contribution in [0.5, 0.6) is 0 Å². The molecule has 3 aromatic rings. The van der Waals surface area contributed by atoms with Gasteiger partial charge in [0.05, 0.1) is 0 Å². The van der Waals surface area contributed by atoms with Crippen molar-refractivity contribution in [2.75, 3.05) is 10.6 Å². The second-order valence-electron chi connectivity index (χ2n) is 5.79. The van der Waals surface area contributed by atoms with Gasteiger partial charge in [0.25, 0.3) is 0 Å². The van der Waals surface area contributed by atoms with Gasteiger partial charge in [0.1, 0.15) is 5.82 Å². The molecular formula is C19H19ClN4. The maximum Gasteiger partial charge on any atom is 0.229 e. The molecule has 2 aromatic carbocycles. The molecule has 0 spiro atoms. The number of hydrogen-bond acceptors (Lipinski definition) is 4. The quantitative estimate of drug-likeness (QED) is 0.655. The summed E-state index contributed by atoms with van der Waals surface area (Å²) in [7, 11) is 0. The van der Waals surface area contributed by atoms with Crippen molar-refractivity contribution in [2.45, 2.75) is 20.8 Å². The number of rotatable bonds is 4. The lowest BCUT2D eigenvalue weighted by atomic mass is 10.1. The molecule has 24 heavy (non-hydrogen) atoms. The van der Waals surface area contributed by atoms with Crippen molar-refractivity contribution in [1.29, 1.82) is 0 Å². The number of benzene rings is 2. The topological polar surface area (TPSA) is 49.8 Å². The zero-order valence-corrected chi connectivity index (χ0v) is 14.6. The number of nitrogens with zero attached hydrogens (tertiary/aromatic N) is 2. The second-order valence-corrected chi connectivity index (χ2v) is 6.23. The minimum atomic E-state index is 0.568. The lowest BCUT2D eigenvalue weighted by molar-refractivity contribution is 1.10. The van der Waals surface area contributed by atoms with E-state index in [0.29, 0.717) is 11.0 Å². The Kier molecular flexibility index (Phi) is 4.67. The molecule has 0 bridgehead atoms. The average molecular weight is 339 g/mol. The normalized spacial score (nSPS) is 10.5. The molecule has 0 aliphatic heterocycles. The number of halogens is 1. The summed E-state index contributed by atoms with van der Waals surface area (Å²) in [5.74, 6) is 1.30. The first-order chi connectivity index (χ1) is 11.5. The van der Waals surface area contributed by atoms with Crippen molar-refractivity contribution in [3.05, 3.63) is 70.4 Å². The monoisotopic (exact) mass is 338 g/mol. The van der Waals surface area contributed by atoms with E-state index < -0.39 is 0 Å². The molecule has 0 saturated carbocycles. The molecule has 5 heteroatoms. The molecule has 0 atom stereocenters. The highest BCUT2D eigenvalue weighted by Gasteiger charge is 2.05. The maximum atomic E-state index is 5.92. The van der Waals surface area contributed by atoms with Crippen LogP contribution >= 0.6 is 11.6 Å². The summed E-state index contributed by atoms with van der Waals surface area (Å²) >= 11 is 5.92. The van der Waals surface area contributed by atoms with Gasteiger partial charge in [-0.1, -0.05) is 29.3 Å². The van der Waals surface area contributed by atoms with Crippen LogP contribution in [0.2, 0.25) is 5.02 Å². The lowest BCUT2D eigenvalue weighted by Gasteiger charge is -2.12. The fourth-order valence-corrected chi connectivity index (χ4v) is 2.57. The third-order valence-electron chi connectivity index (χ3n) is 3.60. The molecule has 0 unspecified atom stereocenters. The molecule has 0 fully saturated rings. The Hall–Kier alpha value is -2.59. The molecule has 0 amide bonds. The van der Waals surface area contributed by atoms with E-state index in [1.54, 1.807) is 0 Å². The number of hydrogen-bond donors (Lipinski definition) is 2. The van der Waals surface area contributed by atoms with Gasteiger partial charge in [0.15, 0.2) is 0 Å². The van der Waals surface area contributed by atoms with Crippen LogP contribution in [0.1, 0.15) is 16.8 Å². The highest BCUT2D eigenvalue weighted by atomic mass is 35.5. The highest BCUT2D eigenvalue weighted by Crippen LogP contribution is 2.22. The SMILES string of the molecule is Cc1ccc(Nc2nc(C)cc(Nc3ccc(Cl)cc3)n2)c(C)c1. The number of aromatic nitrogens is 2. The molecule has 0 saturated heterocycles. The summed E-state index contributed by atoms with van der Waals surface area (Å²) < 4.78 is 0. The Bertz CT molecular complexity index is 860. The minimum Gasteiger partial charge on any atom is -0.340 e. The summed E-state index contributed by atoms with van der Waals surface area (Å²) in [4.78, 5) is 9.01. The number of aryl methyl sites for hydroxylation is 3. The van der Waals surface area contributed by atoms with Gasteiger partial charge in [-0.25, -0.2) is 4.98 Å². The van der Waals surface area contributed by atoms with E-state index in [1.807, 2.05) is 43.3 Å². The summed E-state index contributed by atoms with van der Waals surface area (Å²) in [5, 5.41) is 7.27. The Morgan fingerprint density at radius 1 is 0.833 bits per heavy atom. The summed E-state index contributed by atoms with van der Waals surface area (Å²) in [6.07, 6.45) is 0. The Morgan fingerprint density at radius 3 is 2.29 bits per heavy atom. The standard InChI is InChI=1S/C19H19ClN4/c1-12-4-9-17(13(2)10-12)23-19-21-14(3)11-18(24-19)22-16-7-5-15(20)6-8-16/h4-11H,1-3H3,(H2,21,22,23,24). The fourth-order valence-electron chi connectivity index (χ4n) is 2.44. The van der Waals surface area contributed by atoms with Crippen molar-refractivity contribution in [1.82, 2.24) is 9.97 Å². The van der Waals surface area contributed by atoms with Gasteiger partial charge in [-0.2, -0.15) is 4.98 Å². The molecule has 0 aliphatic rings. The fraction of sp³-hybridized carbons (Fsp3) is 0.158. The van der Waals surface area contributed by atoms with Crippen LogP contribution in [0.4, 0.5) is 23.1 Å². The van der Waals surface area contributed by atoms with Crippen LogP contribution in [0.15, 0.2) is 48.5 Å². The van der Waals surface area contributed by atoms with Gasteiger partial charge in [0.2, 0.25) is 5.95 Å². The van der Waals surface area contributed by atoms with E-state index in [0.717, 1.165) is 28.5 Å². The predicted molar refractivity (Wildman–Crippen MR) is 101 cm³/mol. The van der Waals surface area contributed by atoms with E-state index in [2.05, 4.69) is 46.6 Å². The molecule has 2 N–H and O–H groups in total. The molecule has 1 heterocycles. The molecule has 0 radical (unpaired) electrons. The van der Waals surface area contributed by atoms with Gasteiger partial charge in [-0.15, -0.1) is 0 Å². The molecular weight excluding hydrogens is 320 g/mol. The number of anilines is 4. The first-order valence-corrected chi connectivity index (χ1v) is 8.10. The van der Waals surface area contributed by atoms with Gasteiger partial charge in [-0.3, -0.25) is 0 Å². The van der Waals surface area contributed by atoms with Crippen LogP contribution in [-0.2, 0) is 0 Å². The van der Waals surface area contributed by atoms with Crippen molar-refractivity contribution in [3.63, 3.8) is 0 Å². The molecule has 1 aromatic heterocycles. The van der Waals surface area contributed by atoms with Crippen LogP contribution in [-0.4, -0.2) is 9.97 Å². The zero-order chi connectivity index (χ0) is 17.1. The van der Waals surface area contributed by atoms with Crippen molar-refractivity contribution < 1.29 is 0 Å². The van der Waals surface area contributed by atoms with Gasteiger partial charge < -0.3 is 10.6 Å². The third-order valence-corrected chi connectivity index (χ3v) is 3.85. The maximum absolute atomic E-state index is 5.92. The Labute approximate surface area is 146 Å². The van der Waals surface area contributed by atoms with E-state index in [4.69, 9.17) is 11.6 Å². The lowest BCUT2D eigenvalue weighted by Crippen LogP contribution is -2.03. The van der Waals surface area contributed by atoms with Gasteiger partial charge >= 0.3 is 0 Å². The highest BCUT2D eigenvalue weighted by molar-refractivity contribution is 6.30. The molecule has 0 aliphatic carbocycles. The minimum absolute atomic E-state index is 0.568. The first-order valence-electron chi connectivity index (χ1n) is 7.72. The van der Waals surface area contributed by atoms with Crippen molar-refractivity contribution in [3.8, 4) is 0 Å². The van der Waals surface area contributed by atoms with E-state index in [1.165, 1.54) is 5.56 Å². The van der Waals surface area contributed by atoms with Crippen molar-refractivity contribution >= 4 is 34.7 Å². The average Bonchev–Trinajstić information content (AvgIpc) is 2.52. The largest absolute Gasteiger partial charge is 0.340 e. The summed E-state index contributed by atoms with van der Waals surface area (Å²) in [6.45, 7) is 6.09. The van der Waals surface area contributed by atoms with Crippen LogP contribution in [0.3, 0.4) is 0 Å².